The minimum Gasteiger partial charge on any atom is -0.354 e. The van der Waals surface area contributed by atoms with Crippen molar-refractivity contribution >= 4 is 5.91 Å². The molecule has 0 heterocycles. The summed E-state index contributed by atoms with van der Waals surface area (Å²) in [6.07, 6.45) is 4.94. The van der Waals surface area contributed by atoms with Crippen molar-refractivity contribution in [3.05, 3.63) is 0 Å². The first kappa shape index (κ1) is 13.5. The van der Waals surface area contributed by atoms with Gasteiger partial charge in [-0.05, 0) is 30.1 Å². The van der Waals surface area contributed by atoms with E-state index >= 15 is 0 Å². The summed E-state index contributed by atoms with van der Waals surface area (Å²) in [6.45, 7) is 8.99. The summed E-state index contributed by atoms with van der Waals surface area (Å²) in [6, 6.07) is -0.415. The Bertz CT molecular complexity index is 246. The topological polar surface area (TPSA) is 55.1 Å². The zero-order valence-corrected chi connectivity index (χ0v) is 11.1. The maximum absolute atomic E-state index is 11.9. The third-order valence-corrected chi connectivity index (χ3v) is 4.02. The number of carbonyl (C=O) groups excluding carboxylic acids is 1. The molecular formula is C13H26N2O. The van der Waals surface area contributed by atoms with Crippen molar-refractivity contribution in [1.29, 1.82) is 0 Å². The minimum atomic E-state index is -0.415. The van der Waals surface area contributed by atoms with Gasteiger partial charge in [0.1, 0.15) is 0 Å². The molecule has 0 bridgehead atoms. The van der Waals surface area contributed by atoms with Crippen molar-refractivity contribution in [3.63, 3.8) is 0 Å². The van der Waals surface area contributed by atoms with Crippen LogP contribution in [-0.4, -0.2) is 18.5 Å². The van der Waals surface area contributed by atoms with E-state index in [0.717, 1.165) is 13.0 Å². The average molecular weight is 226 g/mol. The van der Waals surface area contributed by atoms with E-state index in [9.17, 15) is 4.79 Å². The van der Waals surface area contributed by atoms with Crippen LogP contribution < -0.4 is 11.1 Å². The molecule has 1 unspecified atom stereocenters. The van der Waals surface area contributed by atoms with Crippen LogP contribution in [0, 0.1) is 10.8 Å². The highest BCUT2D eigenvalue weighted by Gasteiger charge is 2.36. The number of rotatable bonds is 4. The van der Waals surface area contributed by atoms with Gasteiger partial charge in [-0.3, -0.25) is 4.79 Å². The van der Waals surface area contributed by atoms with Crippen molar-refractivity contribution in [1.82, 2.24) is 5.32 Å². The number of nitrogens with one attached hydrogen (secondary N) is 1. The monoisotopic (exact) mass is 226 g/mol. The standard InChI is InChI=1S/C13H26N2O/c1-5-13(7-6-8-13)9-15-11(16)10(14)12(2,3)4/h10H,5-9,14H2,1-4H3,(H,15,16). The van der Waals surface area contributed by atoms with Crippen LogP contribution in [0.25, 0.3) is 0 Å². The van der Waals surface area contributed by atoms with E-state index in [1.54, 1.807) is 0 Å². The summed E-state index contributed by atoms with van der Waals surface area (Å²) in [5.41, 5.74) is 6.12. The first-order valence-corrected chi connectivity index (χ1v) is 6.34. The lowest BCUT2D eigenvalue weighted by Crippen LogP contribution is -2.51. The lowest BCUT2D eigenvalue weighted by atomic mass is 9.67. The van der Waals surface area contributed by atoms with Gasteiger partial charge in [0.15, 0.2) is 0 Å². The summed E-state index contributed by atoms with van der Waals surface area (Å²) in [4.78, 5) is 11.9. The van der Waals surface area contributed by atoms with E-state index in [1.165, 1.54) is 19.3 Å². The molecule has 94 valence electrons. The minimum absolute atomic E-state index is 0.00720. The van der Waals surface area contributed by atoms with Crippen LogP contribution in [0.5, 0.6) is 0 Å². The molecule has 16 heavy (non-hydrogen) atoms. The highest BCUT2D eigenvalue weighted by molar-refractivity contribution is 5.82. The van der Waals surface area contributed by atoms with E-state index in [2.05, 4.69) is 12.2 Å². The highest BCUT2D eigenvalue weighted by Crippen LogP contribution is 2.43. The fraction of sp³-hybridized carbons (Fsp3) is 0.923. The number of hydrogen-bond donors (Lipinski definition) is 2. The van der Waals surface area contributed by atoms with Gasteiger partial charge in [-0.15, -0.1) is 0 Å². The SMILES string of the molecule is CCC1(CNC(=O)C(N)C(C)(C)C)CCC1. The van der Waals surface area contributed by atoms with Crippen LogP contribution in [0.15, 0.2) is 0 Å². The normalized spacial score (nSPS) is 21.1. The maximum Gasteiger partial charge on any atom is 0.237 e. The summed E-state index contributed by atoms with van der Waals surface area (Å²) in [5.74, 6) is -0.00720. The van der Waals surface area contributed by atoms with E-state index in [4.69, 9.17) is 5.73 Å². The molecule has 1 amide bonds. The van der Waals surface area contributed by atoms with Crippen molar-refractivity contribution in [2.75, 3.05) is 6.54 Å². The first-order chi connectivity index (χ1) is 7.31. The molecule has 1 saturated carbocycles. The largest absolute Gasteiger partial charge is 0.354 e. The Morgan fingerprint density at radius 3 is 2.31 bits per heavy atom. The van der Waals surface area contributed by atoms with Crippen LogP contribution >= 0.6 is 0 Å². The van der Waals surface area contributed by atoms with Crippen LogP contribution in [0.1, 0.15) is 53.4 Å². The van der Waals surface area contributed by atoms with Crippen molar-refractivity contribution in [2.45, 2.75) is 59.4 Å². The molecule has 3 nitrogen and oxygen atoms in total. The highest BCUT2D eigenvalue weighted by atomic mass is 16.2. The first-order valence-electron chi connectivity index (χ1n) is 6.34. The number of amides is 1. The Labute approximate surface area is 99.2 Å². The predicted molar refractivity (Wildman–Crippen MR) is 67.0 cm³/mol. The fourth-order valence-electron chi connectivity index (χ4n) is 2.11. The average Bonchev–Trinajstić information content (AvgIpc) is 2.14. The lowest BCUT2D eigenvalue weighted by molar-refractivity contribution is -0.125. The van der Waals surface area contributed by atoms with E-state index in [1.807, 2.05) is 20.8 Å². The summed E-state index contributed by atoms with van der Waals surface area (Å²) >= 11 is 0. The molecule has 1 rings (SSSR count). The summed E-state index contributed by atoms with van der Waals surface area (Å²) in [5, 5.41) is 3.02. The molecule has 1 aliphatic carbocycles. The van der Waals surface area contributed by atoms with Gasteiger partial charge in [0.25, 0.3) is 0 Å². The van der Waals surface area contributed by atoms with Gasteiger partial charge in [-0.25, -0.2) is 0 Å². The van der Waals surface area contributed by atoms with Gasteiger partial charge in [0.2, 0.25) is 5.91 Å². The zero-order valence-electron chi connectivity index (χ0n) is 11.1. The van der Waals surface area contributed by atoms with E-state index < -0.39 is 6.04 Å². The Kier molecular flexibility index (Phi) is 4.00. The van der Waals surface area contributed by atoms with E-state index in [0.29, 0.717) is 5.41 Å². The number of nitrogens with two attached hydrogens (primary N) is 1. The molecular weight excluding hydrogens is 200 g/mol. The number of carbonyl (C=O) groups is 1. The second-order valence-electron chi connectivity index (χ2n) is 6.27. The smallest absolute Gasteiger partial charge is 0.237 e. The molecule has 0 aromatic heterocycles. The molecule has 1 atom stereocenters. The maximum atomic E-state index is 11.9. The third kappa shape index (κ3) is 2.97. The molecule has 3 heteroatoms. The van der Waals surface area contributed by atoms with Gasteiger partial charge in [-0.2, -0.15) is 0 Å². The second kappa shape index (κ2) is 4.74. The number of hydrogen-bond acceptors (Lipinski definition) is 2. The summed E-state index contributed by atoms with van der Waals surface area (Å²) < 4.78 is 0. The lowest BCUT2D eigenvalue weighted by Gasteiger charge is -2.41. The predicted octanol–water partition coefficient (Wildman–Crippen LogP) is 2.06. The van der Waals surface area contributed by atoms with E-state index in [-0.39, 0.29) is 11.3 Å². The van der Waals surface area contributed by atoms with Crippen LogP contribution in [-0.2, 0) is 4.79 Å². The van der Waals surface area contributed by atoms with Crippen molar-refractivity contribution < 1.29 is 4.79 Å². The molecule has 0 aromatic carbocycles. The van der Waals surface area contributed by atoms with Gasteiger partial charge in [0.05, 0.1) is 6.04 Å². The third-order valence-electron chi connectivity index (χ3n) is 4.02. The van der Waals surface area contributed by atoms with Crippen LogP contribution in [0.2, 0.25) is 0 Å². The fourth-order valence-corrected chi connectivity index (χ4v) is 2.11. The van der Waals surface area contributed by atoms with Gasteiger partial charge in [-0.1, -0.05) is 34.1 Å². The van der Waals surface area contributed by atoms with Gasteiger partial charge in [0, 0.05) is 6.54 Å². The zero-order chi connectivity index (χ0) is 12.4. The molecule has 0 aliphatic heterocycles. The Balaban J connectivity index is 2.41. The Morgan fingerprint density at radius 1 is 1.44 bits per heavy atom. The molecule has 1 aliphatic rings. The molecule has 0 aromatic rings. The van der Waals surface area contributed by atoms with Crippen LogP contribution in [0.3, 0.4) is 0 Å². The van der Waals surface area contributed by atoms with Crippen molar-refractivity contribution in [2.24, 2.45) is 16.6 Å². The Hall–Kier alpha value is -0.570. The van der Waals surface area contributed by atoms with Crippen molar-refractivity contribution in [3.8, 4) is 0 Å². The molecule has 0 saturated heterocycles. The van der Waals surface area contributed by atoms with Gasteiger partial charge < -0.3 is 11.1 Å². The molecule has 1 fully saturated rings. The quantitative estimate of drug-likeness (QED) is 0.771. The molecule has 0 spiro atoms. The van der Waals surface area contributed by atoms with Crippen LogP contribution in [0.4, 0.5) is 0 Å². The molecule has 0 radical (unpaired) electrons. The molecule has 3 N–H and O–H groups in total. The Morgan fingerprint density at radius 2 is 2.00 bits per heavy atom. The summed E-state index contributed by atoms with van der Waals surface area (Å²) in [7, 11) is 0. The second-order valence-corrected chi connectivity index (χ2v) is 6.27. The van der Waals surface area contributed by atoms with Gasteiger partial charge >= 0.3 is 0 Å².